The van der Waals surface area contributed by atoms with E-state index in [0.717, 1.165) is 107 Å². The molecule has 702 valence electrons. The lowest BCUT2D eigenvalue weighted by Crippen LogP contribution is -2.42. The number of aromatic hydroxyl groups is 2. The zero-order chi connectivity index (χ0) is 93.6. The van der Waals surface area contributed by atoms with E-state index in [9.17, 15) is 48.9 Å². The van der Waals surface area contributed by atoms with Crippen LogP contribution in [0.5, 0.6) is 11.5 Å². The van der Waals surface area contributed by atoms with Gasteiger partial charge in [-0.1, -0.05) is 259 Å². The van der Waals surface area contributed by atoms with Crippen molar-refractivity contribution in [3.63, 3.8) is 0 Å². The molecule has 22 nitrogen and oxygen atoms in total. The third-order valence-corrected chi connectivity index (χ3v) is 20.5. The maximum absolute atomic E-state index is 11.7. The van der Waals surface area contributed by atoms with Gasteiger partial charge in [-0.05, 0) is 159 Å². The number of nitrogens with one attached hydrogen (secondary N) is 2. The smallest absolute Gasteiger partial charge is 0.410 e. The van der Waals surface area contributed by atoms with E-state index in [-0.39, 0.29) is 72.5 Å². The number of aliphatic hydroxyl groups excluding tert-OH is 1. The molecule has 7 N–H and O–H groups in total. The highest BCUT2D eigenvalue weighted by atomic mass is 33.1. The summed E-state index contributed by atoms with van der Waals surface area (Å²) in [7, 11) is 4.00. The third kappa shape index (κ3) is 75.4. The highest BCUT2D eigenvalue weighted by Crippen LogP contribution is 2.49. The van der Waals surface area contributed by atoms with Gasteiger partial charge in [0.15, 0.2) is 0 Å². The van der Waals surface area contributed by atoms with Crippen LogP contribution < -0.4 is 16.4 Å². The number of hydrogen-bond donors (Lipinski definition) is 7. The van der Waals surface area contributed by atoms with Crippen molar-refractivity contribution in [1.29, 1.82) is 0 Å². The predicted molar refractivity (Wildman–Crippen MR) is 515 cm³/mol. The number of nitrogens with two attached hydrogens (primary N) is 1. The Morgan fingerprint density at radius 1 is 0.524 bits per heavy atom. The van der Waals surface area contributed by atoms with Crippen LogP contribution in [0.25, 0.3) is 0 Å². The largest absolute Gasteiger partial charge is 0.506 e. The van der Waals surface area contributed by atoms with Crippen molar-refractivity contribution < 1.29 is 82.0 Å². The highest BCUT2D eigenvalue weighted by molar-refractivity contribution is 8.77. The number of carbonyl (C=O) groups is 7. The number of ether oxygens (including phenoxy) is 7. The second-order valence-electron chi connectivity index (χ2n) is 32.3. The zero-order valence-corrected chi connectivity index (χ0v) is 81.4. The molecule has 3 rings (SSSR count). The van der Waals surface area contributed by atoms with E-state index in [1.807, 2.05) is 89.1 Å². The minimum atomic E-state index is -1.03. The first-order valence-corrected chi connectivity index (χ1v) is 47.4. The number of carbonyl (C=O) groups excluding carboxylic acids is 7. The number of esters is 5. The lowest BCUT2D eigenvalue weighted by Gasteiger charge is -2.20. The first-order chi connectivity index (χ1) is 59.1. The van der Waals surface area contributed by atoms with Crippen LogP contribution in [0.3, 0.4) is 0 Å². The van der Waals surface area contributed by atoms with Gasteiger partial charge < -0.3 is 64.8 Å². The molecule has 2 aromatic rings. The number of unbranched alkanes of at least 4 members (excludes halogenated alkanes) is 2. The number of rotatable bonds is 54. The molecule has 2 amide bonds. The summed E-state index contributed by atoms with van der Waals surface area (Å²) in [6, 6.07) is -0.644. The molecule has 1 saturated heterocycles. The van der Waals surface area contributed by atoms with E-state index >= 15 is 0 Å². The first-order valence-electron chi connectivity index (χ1n) is 44.4. The maximum atomic E-state index is 11.7. The minimum Gasteiger partial charge on any atom is -0.506 e. The Hall–Kier alpha value is -7.94. The van der Waals surface area contributed by atoms with Gasteiger partial charge in [0.25, 0.3) is 0 Å². The second-order valence-corrected chi connectivity index (χ2v) is 35.7. The molecule has 0 radical (unpaired) electrons. The number of aliphatic hydroxyl groups is 1. The number of thiol groups is 1. The summed E-state index contributed by atoms with van der Waals surface area (Å²) in [5, 5.41) is 33.9. The van der Waals surface area contributed by atoms with Crippen molar-refractivity contribution in [1.82, 2.24) is 20.6 Å². The van der Waals surface area contributed by atoms with Crippen LogP contribution in [0.15, 0.2) is 146 Å². The van der Waals surface area contributed by atoms with Crippen molar-refractivity contribution in [3.8, 4) is 11.5 Å². The van der Waals surface area contributed by atoms with E-state index in [4.69, 9.17) is 38.9 Å². The fourth-order valence-corrected chi connectivity index (χ4v) is 13.5. The van der Waals surface area contributed by atoms with E-state index in [1.54, 1.807) is 20.0 Å². The topological polar surface area (TPSA) is 321 Å². The van der Waals surface area contributed by atoms with E-state index < -0.39 is 30.4 Å². The van der Waals surface area contributed by atoms with Gasteiger partial charge in [0, 0.05) is 97.2 Å². The number of nitrogens with zero attached hydrogens (tertiary/aromatic N) is 2. The number of aromatic nitrogens is 2. The molecular weight excluding hydrogens is 1630 g/mol. The number of aryl methyl sites for hydroxylation is 2. The molecule has 2 aromatic heterocycles. The molecule has 25 heteroatoms. The van der Waals surface area contributed by atoms with E-state index in [1.165, 1.54) is 38.6 Å². The SMILES string of the molecule is CC(=O)N[C@@H](CS)C(=O)OCC(C)C.CC(C)COC(=O)CCCC[C@]1(C)CCSS1.CC/C=C\C/C=C\C/C=C\C/C=C\C/C=C\C/C=C\CC(=O)OCC(C)C.CC/C=C\C/C=C\C/C=C\C/C=C\C/C=C\CCCC(=O)OCC(C)C.Cc1ncc(CO)c(CNC(=O)OC(C)OC(=O)CC(C)C)c1O.Cc1ncc(COCC(C)C)c(CN)c1O. The van der Waals surface area contributed by atoms with Crippen LogP contribution in [0, 0.1) is 49.4 Å². The van der Waals surface area contributed by atoms with Crippen molar-refractivity contribution in [3.05, 3.63) is 180 Å². The van der Waals surface area contributed by atoms with Gasteiger partial charge in [-0.2, -0.15) is 12.6 Å². The molecule has 3 heterocycles. The molecule has 0 saturated carbocycles. The Morgan fingerprint density at radius 2 is 0.935 bits per heavy atom. The van der Waals surface area contributed by atoms with E-state index in [0.29, 0.717) is 116 Å². The fourth-order valence-electron chi connectivity index (χ4n) is 10.0. The van der Waals surface area contributed by atoms with Crippen molar-refractivity contribution in [2.24, 2.45) is 41.2 Å². The summed E-state index contributed by atoms with van der Waals surface area (Å²) in [4.78, 5) is 87.5. The molecule has 3 atom stereocenters. The van der Waals surface area contributed by atoms with Crippen LogP contribution in [-0.2, 0) is 88.2 Å². The fraction of sp³-hybridized carbons (Fsp3) is 0.606. The minimum absolute atomic E-state index is 0.0303. The Bertz CT molecular complexity index is 3510. The van der Waals surface area contributed by atoms with Gasteiger partial charge in [-0.3, -0.25) is 33.9 Å². The monoisotopic (exact) mass is 1790 g/mol. The molecule has 1 aliphatic rings. The Labute approximate surface area is 760 Å². The molecule has 0 spiro atoms. The van der Waals surface area contributed by atoms with Crippen LogP contribution in [0.2, 0.25) is 0 Å². The second kappa shape index (κ2) is 80.9. The van der Waals surface area contributed by atoms with Gasteiger partial charge in [-0.15, -0.1) is 0 Å². The molecule has 1 aliphatic heterocycles. The predicted octanol–water partition coefficient (Wildman–Crippen LogP) is 22.8. The van der Waals surface area contributed by atoms with Crippen LogP contribution in [0.4, 0.5) is 4.79 Å². The number of pyridine rings is 2. The molecule has 0 aliphatic carbocycles. The third-order valence-electron chi connectivity index (χ3n) is 16.7. The summed E-state index contributed by atoms with van der Waals surface area (Å²) >= 11 is 3.96. The normalized spacial score (nSPS) is 14.0. The lowest BCUT2D eigenvalue weighted by molar-refractivity contribution is -0.165. The maximum Gasteiger partial charge on any atom is 0.410 e. The van der Waals surface area contributed by atoms with Crippen molar-refractivity contribution in [2.75, 3.05) is 44.5 Å². The molecule has 0 bridgehead atoms. The van der Waals surface area contributed by atoms with Gasteiger partial charge in [0.2, 0.25) is 12.2 Å². The van der Waals surface area contributed by atoms with Gasteiger partial charge in [-0.25, -0.2) is 9.59 Å². The van der Waals surface area contributed by atoms with Crippen LogP contribution in [0.1, 0.15) is 286 Å². The van der Waals surface area contributed by atoms with Crippen molar-refractivity contribution >= 4 is 76.1 Å². The number of allylic oxidation sites excluding steroid dienone is 21. The summed E-state index contributed by atoms with van der Waals surface area (Å²) < 4.78 is 36.2. The quantitative estimate of drug-likeness (QED) is 0.00615. The van der Waals surface area contributed by atoms with Gasteiger partial charge >= 0.3 is 35.9 Å². The Morgan fingerprint density at radius 3 is 1.34 bits per heavy atom. The van der Waals surface area contributed by atoms with Gasteiger partial charge in [0.1, 0.15) is 17.5 Å². The van der Waals surface area contributed by atoms with Gasteiger partial charge in [0.05, 0.1) is 64.0 Å². The highest BCUT2D eigenvalue weighted by Gasteiger charge is 2.30. The van der Waals surface area contributed by atoms with Crippen molar-refractivity contribution in [2.45, 2.75) is 310 Å². The summed E-state index contributed by atoms with van der Waals surface area (Å²) in [5.41, 5.74) is 8.95. The molecule has 124 heavy (non-hydrogen) atoms. The Kier molecular flexibility index (Phi) is 78.4. The number of amides is 2. The molecule has 1 unspecified atom stereocenters. The van der Waals surface area contributed by atoms with E-state index in [2.05, 4.69) is 203 Å². The molecule has 0 aromatic carbocycles. The standard InChI is InChI=1S/C25H38O2.C24H38O2.C16H24N2O6.C13H24O2S2.C12H20N2O2.C9H17NO3S/c1-4-5-6-7-8-9-10-11-12-13-14-15-16-17-18-19-20-21-22-25(26)27-23-24(2)3;1-4-5-6-7-8-9-10-11-12-13-14-15-16-17-18-19-20-21-24(25)26-22-23(2)3;1-9(2)5-14(20)23-11(4)24-16(22)18-7-13-12(8-19)6-17-10(3)15(13)21;1-11(2)10-15-12(14)6-4-5-7-13(3)8-9-16-17-13;1-8(2)6-16-7-10-5-14-9(3)12(15)11(10)4-13;1-6(2)4-13-9(12)8(5-14)10-7(3)11/h5-6,8-9,11-12,14-15,17-18,20-21,24H,4,7,10,13,16,19,22-23H2,1-3H3;5-6,8-9,11-12,14-15,17-18,23H,4,7,10,13,16,19-22H2,1-3H3;6,9,11,19,21H,5,7-8H2,1-4H3,(H,18,22);11H,4-10H2,1-3H3;5,8,15H,4,6-7,13H2,1-3H3;6,8,14H,4-5H2,1-3H3,(H,10,11)/b6-5-,9-8-,12-11-,15-14-,18-17-,21-20-;6-5-,9-8-,12-11-,15-14-,18-17-;;;;/t;;;13-;;8-/m...1.0/s1. The number of alkyl carbamates (subject to hydrolysis) is 1. The molecular formula is C99H161N5O17S3. The first kappa shape index (κ1) is 120. The summed E-state index contributed by atoms with van der Waals surface area (Å²) in [6.07, 6.45) is 68.1. The average molecular weight is 1790 g/mol. The summed E-state index contributed by atoms with van der Waals surface area (Å²) in [6.45, 7) is 39.9. The number of hydrogen-bond acceptors (Lipinski definition) is 23. The van der Waals surface area contributed by atoms with Crippen LogP contribution in [-0.4, -0.2) is 129 Å². The molecule has 1 fully saturated rings. The Balaban J connectivity index is -0.00000144. The zero-order valence-electron chi connectivity index (χ0n) is 78.9. The average Bonchev–Trinajstić information content (AvgIpc) is 0.977. The van der Waals surface area contributed by atoms with Crippen LogP contribution >= 0.6 is 34.2 Å². The lowest BCUT2D eigenvalue weighted by atomic mass is 9.99. The summed E-state index contributed by atoms with van der Waals surface area (Å²) in [5.74, 6) is 2.38.